The zero-order chi connectivity index (χ0) is 25.4. The van der Waals surface area contributed by atoms with Crippen molar-refractivity contribution in [1.29, 1.82) is 0 Å². The molecule has 0 bridgehead atoms. The fourth-order valence-corrected chi connectivity index (χ4v) is 5.57. The van der Waals surface area contributed by atoms with Gasteiger partial charge in [-0.3, -0.25) is 9.59 Å². The third-order valence-corrected chi connectivity index (χ3v) is 7.29. The molecule has 1 amide bonds. The molecule has 2 aromatic carbocycles. The minimum absolute atomic E-state index is 0.125. The molecule has 0 radical (unpaired) electrons. The lowest BCUT2D eigenvalue weighted by Gasteiger charge is -2.32. The van der Waals surface area contributed by atoms with Crippen molar-refractivity contribution in [1.82, 2.24) is 24.5 Å². The summed E-state index contributed by atoms with van der Waals surface area (Å²) in [5.74, 6) is 0.475. The Labute approximate surface area is 214 Å². The maximum absolute atomic E-state index is 14.0. The average molecular weight is 500 g/mol. The van der Waals surface area contributed by atoms with E-state index in [-0.39, 0.29) is 22.6 Å². The summed E-state index contributed by atoms with van der Waals surface area (Å²) >= 11 is 1.24. The Morgan fingerprint density at radius 1 is 1.14 bits per heavy atom. The molecule has 184 valence electrons. The molecule has 2 aromatic heterocycles. The van der Waals surface area contributed by atoms with Crippen molar-refractivity contribution < 1.29 is 4.79 Å². The van der Waals surface area contributed by atoms with E-state index in [1.807, 2.05) is 55.5 Å². The fraction of sp³-hybridized carbons (Fsp3) is 0.286. The van der Waals surface area contributed by atoms with Crippen LogP contribution in [-0.4, -0.2) is 30.8 Å². The highest BCUT2D eigenvalue weighted by atomic mass is 32.2. The maximum atomic E-state index is 14.0. The summed E-state index contributed by atoms with van der Waals surface area (Å²) in [5.41, 5.74) is 4.98. The van der Waals surface area contributed by atoms with Crippen molar-refractivity contribution in [2.75, 3.05) is 5.75 Å². The van der Waals surface area contributed by atoms with E-state index in [1.54, 1.807) is 9.08 Å². The van der Waals surface area contributed by atoms with E-state index in [1.165, 1.54) is 17.3 Å². The van der Waals surface area contributed by atoms with E-state index >= 15 is 0 Å². The number of hydrogen-bond donors (Lipinski definition) is 1. The molecule has 5 rings (SSSR count). The van der Waals surface area contributed by atoms with Crippen molar-refractivity contribution in [3.8, 4) is 11.3 Å². The standard InChI is InChI=1S/C28H29N5O2S/c1-18(2)16-32-26-30-24-21-13-9-8-12-20(21)14-28(3,4)23(24)25(35)33(26)27(31-32)36-17-22(34)29-15-19-10-6-5-7-11-19/h5-13H,1,14-17H2,2-4H3,(H,29,34). The monoisotopic (exact) mass is 499 g/mol. The second kappa shape index (κ2) is 9.43. The summed E-state index contributed by atoms with van der Waals surface area (Å²) in [6.45, 7) is 11.0. The van der Waals surface area contributed by atoms with Gasteiger partial charge in [-0.15, -0.1) is 5.10 Å². The highest BCUT2D eigenvalue weighted by Gasteiger charge is 2.36. The SMILES string of the molecule is C=C(C)Cn1nc(SCC(=O)NCc2ccccc2)n2c(=O)c3c(nc12)-c1ccccc1CC3(C)C. The number of thioether (sulfide) groups is 1. The molecule has 0 atom stereocenters. The van der Waals surface area contributed by atoms with Gasteiger partial charge in [0.15, 0.2) is 5.16 Å². The Morgan fingerprint density at radius 2 is 1.86 bits per heavy atom. The zero-order valence-electron chi connectivity index (χ0n) is 20.7. The van der Waals surface area contributed by atoms with Gasteiger partial charge in [-0.2, -0.15) is 0 Å². The highest BCUT2D eigenvalue weighted by molar-refractivity contribution is 7.99. The summed E-state index contributed by atoms with van der Waals surface area (Å²) in [6, 6.07) is 17.9. The molecule has 0 saturated carbocycles. The Hall–Kier alpha value is -3.65. The first-order valence-corrected chi connectivity index (χ1v) is 12.9. The molecule has 8 heteroatoms. The van der Waals surface area contributed by atoms with E-state index in [4.69, 9.17) is 10.1 Å². The van der Waals surface area contributed by atoms with Crippen LogP contribution in [0.25, 0.3) is 17.0 Å². The second-order valence-electron chi connectivity index (χ2n) is 9.94. The third-order valence-electron chi connectivity index (χ3n) is 6.36. The van der Waals surface area contributed by atoms with E-state index in [2.05, 4.69) is 31.8 Å². The molecule has 36 heavy (non-hydrogen) atoms. The molecule has 4 aromatic rings. The van der Waals surface area contributed by atoms with Crippen molar-refractivity contribution in [3.05, 3.63) is 93.8 Å². The molecule has 0 fully saturated rings. The van der Waals surface area contributed by atoms with Crippen LogP contribution in [0.5, 0.6) is 0 Å². The van der Waals surface area contributed by atoms with Crippen molar-refractivity contribution >= 4 is 23.4 Å². The number of rotatable bonds is 7. The molecule has 0 spiro atoms. The highest BCUT2D eigenvalue weighted by Crippen LogP contribution is 2.40. The van der Waals surface area contributed by atoms with Gasteiger partial charge in [0.25, 0.3) is 5.56 Å². The number of nitrogens with zero attached hydrogens (tertiary/aromatic N) is 4. The number of aromatic nitrogens is 4. The smallest absolute Gasteiger partial charge is 0.265 e. The van der Waals surface area contributed by atoms with E-state index in [9.17, 15) is 9.59 Å². The molecule has 0 saturated heterocycles. The number of amides is 1. The van der Waals surface area contributed by atoms with Crippen LogP contribution in [0.2, 0.25) is 0 Å². The lowest BCUT2D eigenvalue weighted by molar-refractivity contribution is -0.118. The Kier molecular flexibility index (Phi) is 6.30. The number of nitrogens with one attached hydrogen (secondary N) is 1. The molecule has 1 N–H and O–H groups in total. The Bertz CT molecular complexity index is 1540. The van der Waals surface area contributed by atoms with Crippen LogP contribution in [0.1, 0.15) is 37.5 Å². The van der Waals surface area contributed by atoms with E-state index in [0.717, 1.165) is 23.1 Å². The van der Waals surface area contributed by atoms with Crippen LogP contribution >= 0.6 is 11.8 Å². The molecule has 7 nitrogen and oxygen atoms in total. The topological polar surface area (TPSA) is 81.3 Å². The first-order chi connectivity index (χ1) is 17.2. The van der Waals surface area contributed by atoms with Crippen molar-refractivity contribution in [3.63, 3.8) is 0 Å². The fourth-order valence-electron chi connectivity index (χ4n) is 4.76. The van der Waals surface area contributed by atoms with Gasteiger partial charge in [-0.25, -0.2) is 14.1 Å². The minimum atomic E-state index is -0.388. The van der Waals surface area contributed by atoms with E-state index in [0.29, 0.717) is 35.3 Å². The van der Waals surface area contributed by atoms with E-state index < -0.39 is 0 Å². The summed E-state index contributed by atoms with van der Waals surface area (Å²) in [4.78, 5) is 31.6. The van der Waals surface area contributed by atoms with Crippen LogP contribution < -0.4 is 10.9 Å². The van der Waals surface area contributed by atoms with Gasteiger partial charge in [0.2, 0.25) is 11.7 Å². The molecule has 1 aliphatic carbocycles. The Morgan fingerprint density at radius 3 is 2.61 bits per heavy atom. The van der Waals surface area contributed by atoms with Crippen LogP contribution in [0.4, 0.5) is 0 Å². The summed E-state index contributed by atoms with van der Waals surface area (Å²) in [6.07, 6.45) is 0.753. The maximum Gasteiger partial charge on any atom is 0.265 e. The zero-order valence-corrected chi connectivity index (χ0v) is 21.6. The normalized spacial score (nSPS) is 13.8. The molecule has 2 heterocycles. The van der Waals surface area contributed by atoms with Crippen LogP contribution in [0, 0.1) is 0 Å². The Balaban J connectivity index is 1.53. The van der Waals surface area contributed by atoms with Gasteiger partial charge in [-0.1, -0.05) is 92.4 Å². The average Bonchev–Trinajstić information content (AvgIpc) is 3.18. The lowest BCUT2D eigenvalue weighted by Crippen LogP contribution is -2.36. The molecule has 0 aliphatic heterocycles. The summed E-state index contributed by atoms with van der Waals surface area (Å²) in [7, 11) is 0. The van der Waals surface area contributed by atoms with Crippen molar-refractivity contribution in [2.24, 2.45) is 0 Å². The molecule has 0 unspecified atom stereocenters. The van der Waals surface area contributed by atoms with Crippen LogP contribution in [0.3, 0.4) is 0 Å². The van der Waals surface area contributed by atoms with Gasteiger partial charge in [-0.05, 0) is 24.5 Å². The van der Waals surface area contributed by atoms with Crippen LogP contribution in [-0.2, 0) is 29.7 Å². The third kappa shape index (κ3) is 4.48. The first kappa shape index (κ1) is 24.1. The van der Waals surface area contributed by atoms with Gasteiger partial charge in [0.05, 0.1) is 23.6 Å². The van der Waals surface area contributed by atoms with Gasteiger partial charge in [0, 0.05) is 17.5 Å². The predicted octanol–water partition coefficient (Wildman–Crippen LogP) is 4.38. The van der Waals surface area contributed by atoms with Crippen LogP contribution in [0.15, 0.2) is 76.7 Å². The molecular weight excluding hydrogens is 470 g/mol. The van der Waals surface area contributed by atoms with Gasteiger partial charge < -0.3 is 5.32 Å². The quantitative estimate of drug-likeness (QED) is 0.302. The van der Waals surface area contributed by atoms with Crippen molar-refractivity contribution in [2.45, 2.75) is 50.9 Å². The molecule has 1 aliphatic rings. The molecular formula is C28H29N5O2S. The predicted molar refractivity (Wildman–Crippen MR) is 143 cm³/mol. The number of carbonyl (C=O) groups excluding carboxylic acids is 1. The second-order valence-corrected chi connectivity index (χ2v) is 10.9. The number of carbonyl (C=O) groups is 1. The number of benzene rings is 2. The number of allylic oxidation sites excluding steroid dienone is 1. The first-order valence-electron chi connectivity index (χ1n) is 11.9. The van der Waals surface area contributed by atoms with Gasteiger partial charge in [0.1, 0.15) is 0 Å². The largest absolute Gasteiger partial charge is 0.351 e. The minimum Gasteiger partial charge on any atom is -0.351 e. The van der Waals surface area contributed by atoms with Gasteiger partial charge >= 0.3 is 0 Å². The number of hydrogen-bond acceptors (Lipinski definition) is 5. The summed E-state index contributed by atoms with van der Waals surface area (Å²) < 4.78 is 3.27. The summed E-state index contributed by atoms with van der Waals surface area (Å²) in [5, 5.41) is 8.08. The number of fused-ring (bicyclic) bond motifs is 4. The lowest BCUT2D eigenvalue weighted by atomic mass is 9.72.